The normalized spacial score (nSPS) is 12.9. The van der Waals surface area contributed by atoms with E-state index in [1.54, 1.807) is 37.3 Å². The van der Waals surface area contributed by atoms with Crippen LogP contribution in [0.4, 0.5) is 5.69 Å². The smallest absolute Gasteiger partial charge is 0.238 e. The number of nitrogens with zero attached hydrogens (tertiary/aromatic N) is 1. The molecule has 0 saturated heterocycles. The Hall–Kier alpha value is -2.02. The molecule has 6 nitrogen and oxygen atoms in total. The number of hydrogen-bond acceptors (Lipinski definition) is 4. The third kappa shape index (κ3) is 3.98. The van der Waals surface area contributed by atoms with Gasteiger partial charge in [-0.25, -0.2) is 8.42 Å². The van der Waals surface area contributed by atoms with E-state index in [0.717, 1.165) is 5.69 Å². The summed E-state index contributed by atoms with van der Waals surface area (Å²) in [5.74, 6) is 1.06. The molecule has 0 spiro atoms. The zero-order chi connectivity index (χ0) is 15.5. The molecule has 21 heavy (non-hydrogen) atoms. The molecule has 0 aliphatic rings. The highest BCUT2D eigenvalue weighted by molar-refractivity contribution is 7.93. The number of anilines is 1. The molecule has 2 rings (SSSR count). The number of sulfonamides is 1. The average Bonchev–Trinajstić information content (AvgIpc) is 2.85. The van der Waals surface area contributed by atoms with Gasteiger partial charge in [-0.15, -0.1) is 5.10 Å². The van der Waals surface area contributed by atoms with Gasteiger partial charge in [-0.05, 0) is 44.5 Å². The molecule has 2 aromatic rings. The molecule has 7 heteroatoms. The molecule has 0 aliphatic carbocycles. The number of ether oxygens (including phenoxy) is 1. The van der Waals surface area contributed by atoms with Gasteiger partial charge in [-0.1, -0.05) is 6.92 Å². The second-order valence-corrected chi connectivity index (χ2v) is 6.98. The molecule has 0 radical (unpaired) electrons. The Morgan fingerprint density at radius 1 is 1.33 bits per heavy atom. The summed E-state index contributed by atoms with van der Waals surface area (Å²) in [6.07, 6.45) is 0.565. The number of aromatic nitrogens is 2. The van der Waals surface area contributed by atoms with E-state index in [2.05, 4.69) is 14.9 Å². The standard InChI is InChI=1S/C14H19N3O3S/c1-4-11(3)21(18,19)17-12-5-7-13(8-6-12)20-14-9-10(2)15-16-14/h5-9,11,17H,4H2,1-3H3,(H,15,16)/t11-/m0/s1. The van der Waals surface area contributed by atoms with Crippen molar-refractivity contribution in [1.82, 2.24) is 10.2 Å². The molecule has 114 valence electrons. The van der Waals surface area contributed by atoms with Gasteiger partial charge in [0.2, 0.25) is 15.9 Å². The summed E-state index contributed by atoms with van der Waals surface area (Å²) in [5, 5.41) is 6.32. The summed E-state index contributed by atoms with van der Waals surface area (Å²) >= 11 is 0. The molecule has 2 N–H and O–H groups in total. The Labute approximate surface area is 124 Å². The number of H-pyrrole nitrogens is 1. The number of aromatic amines is 1. The third-order valence-electron chi connectivity index (χ3n) is 3.12. The van der Waals surface area contributed by atoms with Crippen LogP contribution in [-0.4, -0.2) is 23.9 Å². The van der Waals surface area contributed by atoms with Crippen molar-refractivity contribution in [2.75, 3.05) is 4.72 Å². The van der Waals surface area contributed by atoms with Gasteiger partial charge in [0.15, 0.2) is 0 Å². The first-order valence-corrected chi connectivity index (χ1v) is 8.27. The van der Waals surface area contributed by atoms with Crippen molar-refractivity contribution in [1.29, 1.82) is 0 Å². The van der Waals surface area contributed by atoms with Crippen molar-refractivity contribution in [2.24, 2.45) is 0 Å². The predicted octanol–water partition coefficient (Wildman–Crippen LogP) is 3.05. The van der Waals surface area contributed by atoms with Crippen LogP contribution in [0.5, 0.6) is 11.6 Å². The molecule has 1 atom stereocenters. The lowest BCUT2D eigenvalue weighted by Crippen LogP contribution is -2.24. The maximum absolute atomic E-state index is 12.0. The zero-order valence-electron chi connectivity index (χ0n) is 12.3. The molecule has 0 bridgehead atoms. The van der Waals surface area contributed by atoms with Gasteiger partial charge < -0.3 is 4.74 Å². The van der Waals surface area contributed by atoms with Crippen LogP contribution in [0, 0.1) is 6.92 Å². The van der Waals surface area contributed by atoms with Crippen LogP contribution in [0.3, 0.4) is 0 Å². The van der Waals surface area contributed by atoms with E-state index in [9.17, 15) is 8.42 Å². The summed E-state index contributed by atoms with van der Waals surface area (Å²) < 4.78 is 32.0. The molecular weight excluding hydrogens is 290 g/mol. The highest BCUT2D eigenvalue weighted by Crippen LogP contribution is 2.22. The third-order valence-corrected chi connectivity index (χ3v) is 5.04. The molecule has 1 aromatic heterocycles. The topological polar surface area (TPSA) is 84.1 Å². The van der Waals surface area contributed by atoms with E-state index in [-0.39, 0.29) is 0 Å². The Morgan fingerprint density at radius 3 is 2.52 bits per heavy atom. The minimum atomic E-state index is -3.34. The van der Waals surface area contributed by atoms with Gasteiger partial charge in [-0.2, -0.15) is 0 Å². The number of aryl methyl sites for hydroxylation is 1. The van der Waals surface area contributed by atoms with E-state index >= 15 is 0 Å². The van der Waals surface area contributed by atoms with Crippen molar-refractivity contribution in [2.45, 2.75) is 32.4 Å². The molecular formula is C14H19N3O3S. The molecule has 1 aromatic carbocycles. The summed E-state index contributed by atoms with van der Waals surface area (Å²) in [7, 11) is -3.34. The van der Waals surface area contributed by atoms with Crippen molar-refractivity contribution < 1.29 is 13.2 Å². The fraction of sp³-hybridized carbons (Fsp3) is 0.357. The Bertz CT molecular complexity index is 693. The first-order valence-electron chi connectivity index (χ1n) is 6.72. The van der Waals surface area contributed by atoms with E-state index in [0.29, 0.717) is 23.7 Å². The fourth-order valence-electron chi connectivity index (χ4n) is 1.64. The van der Waals surface area contributed by atoms with E-state index in [4.69, 9.17) is 4.74 Å². The largest absolute Gasteiger partial charge is 0.438 e. The van der Waals surface area contributed by atoms with Gasteiger partial charge in [0.1, 0.15) is 5.75 Å². The first-order chi connectivity index (χ1) is 9.90. The van der Waals surface area contributed by atoms with Crippen LogP contribution in [0.1, 0.15) is 26.0 Å². The zero-order valence-corrected chi connectivity index (χ0v) is 13.1. The summed E-state index contributed by atoms with van der Waals surface area (Å²) in [6, 6.07) is 8.49. The van der Waals surface area contributed by atoms with Crippen molar-refractivity contribution >= 4 is 15.7 Å². The Balaban J connectivity index is 2.05. The molecule has 1 heterocycles. The lowest BCUT2D eigenvalue weighted by Gasteiger charge is -2.13. The maximum Gasteiger partial charge on any atom is 0.238 e. The van der Waals surface area contributed by atoms with Crippen LogP contribution in [0.2, 0.25) is 0 Å². The number of nitrogens with one attached hydrogen (secondary N) is 2. The van der Waals surface area contributed by atoms with Crippen molar-refractivity contribution in [3.8, 4) is 11.6 Å². The van der Waals surface area contributed by atoms with E-state index in [1.165, 1.54) is 0 Å². The van der Waals surface area contributed by atoms with Gasteiger partial charge in [0.25, 0.3) is 0 Å². The van der Waals surface area contributed by atoms with Crippen molar-refractivity contribution in [3.05, 3.63) is 36.0 Å². The summed E-state index contributed by atoms with van der Waals surface area (Å²) in [6.45, 7) is 5.40. The van der Waals surface area contributed by atoms with Gasteiger partial charge in [-0.3, -0.25) is 9.82 Å². The second-order valence-electron chi connectivity index (χ2n) is 4.88. The van der Waals surface area contributed by atoms with E-state index in [1.807, 2.05) is 13.8 Å². The first kappa shape index (κ1) is 15.4. The van der Waals surface area contributed by atoms with Crippen LogP contribution < -0.4 is 9.46 Å². The number of benzene rings is 1. The molecule has 0 fully saturated rings. The van der Waals surface area contributed by atoms with Crippen LogP contribution in [0.15, 0.2) is 30.3 Å². The van der Waals surface area contributed by atoms with Crippen molar-refractivity contribution in [3.63, 3.8) is 0 Å². The predicted molar refractivity (Wildman–Crippen MR) is 82.1 cm³/mol. The average molecular weight is 309 g/mol. The van der Waals surface area contributed by atoms with Crippen LogP contribution in [-0.2, 0) is 10.0 Å². The monoisotopic (exact) mass is 309 g/mol. The quantitative estimate of drug-likeness (QED) is 0.859. The van der Waals surface area contributed by atoms with E-state index < -0.39 is 15.3 Å². The van der Waals surface area contributed by atoms with Crippen LogP contribution in [0.25, 0.3) is 0 Å². The lowest BCUT2D eigenvalue weighted by molar-refractivity contribution is 0.461. The molecule has 0 saturated carbocycles. The molecule has 0 aliphatic heterocycles. The summed E-state index contributed by atoms with van der Waals surface area (Å²) in [5.41, 5.74) is 1.42. The Kier molecular flexibility index (Phi) is 4.52. The maximum atomic E-state index is 12.0. The number of hydrogen-bond donors (Lipinski definition) is 2. The number of rotatable bonds is 6. The second kappa shape index (κ2) is 6.17. The summed E-state index contributed by atoms with van der Waals surface area (Å²) in [4.78, 5) is 0. The van der Waals surface area contributed by atoms with Gasteiger partial charge in [0.05, 0.1) is 5.25 Å². The fourth-order valence-corrected chi connectivity index (χ4v) is 2.75. The van der Waals surface area contributed by atoms with Gasteiger partial charge in [0, 0.05) is 17.4 Å². The van der Waals surface area contributed by atoms with Gasteiger partial charge >= 0.3 is 0 Å². The Morgan fingerprint density at radius 2 is 2.00 bits per heavy atom. The molecule has 0 unspecified atom stereocenters. The minimum absolute atomic E-state index is 0.430. The SMILES string of the molecule is CC[C@H](C)S(=O)(=O)Nc1ccc(Oc2cc(C)[nH]n2)cc1. The molecule has 0 amide bonds. The van der Waals surface area contributed by atoms with Crippen LogP contribution >= 0.6 is 0 Å². The highest BCUT2D eigenvalue weighted by atomic mass is 32.2. The highest BCUT2D eigenvalue weighted by Gasteiger charge is 2.18. The lowest BCUT2D eigenvalue weighted by atomic mass is 10.3. The minimum Gasteiger partial charge on any atom is -0.438 e.